The Labute approximate surface area is 53.7 Å². The van der Waals surface area contributed by atoms with Crippen LogP contribution in [0.15, 0.2) is 0 Å². The molecule has 0 aromatic rings. The Bertz CT molecular complexity index is 50.5. The maximum atomic E-state index is 5.16. The molecule has 0 aliphatic rings. The Hall–Kier alpha value is 0.177. The van der Waals surface area contributed by atoms with Gasteiger partial charge in [0.05, 0.1) is 8.80 Å². The molecule has 8 heavy (non-hydrogen) atoms. The molecule has 0 spiro atoms. The molecular formula is C6H15OSi. The molecule has 0 N–H and O–H groups in total. The van der Waals surface area contributed by atoms with Crippen molar-refractivity contribution in [3.8, 4) is 0 Å². The fourth-order valence-corrected chi connectivity index (χ4v) is 1.93. The van der Waals surface area contributed by atoms with Crippen LogP contribution in [-0.2, 0) is 4.74 Å². The van der Waals surface area contributed by atoms with Crippen LogP contribution in [-0.4, -0.2) is 21.6 Å². The van der Waals surface area contributed by atoms with Crippen molar-refractivity contribution in [2.24, 2.45) is 0 Å². The Morgan fingerprint density at radius 2 is 2.12 bits per heavy atom. The van der Waals surface area contributed by atoms with E-state index in [0.717, 1.165) is 6.42 Å². The van der Waals surface area contributed by atoms with Crippen molar-refractivity contribution in [2.75, 3.05) is 7.11 Å². The van der Waals surface area contributed by atoms with Crippen molar-refractivity contribution in [1.29, 1.82) is 0 Å². The summed E-state index contributed by atoms with van der Waals surface area (Å²) in [6.07, 6.45) is 0.931. The summed E-state index contributed by atoms with van der Waals surface area (Å²) in [6, 6.07) is 0. The van der Waals surface area contributed by atoms with Crippen LogP contribution in [0.2, 0.25) is 13.1 Å². The molecule has 0 aliphatic heterocycles. The summed E-state index contributed by atoms with van der Waals surface area (Å²) in [5, 5.41) is 0. The topological polar surface area (TPSA) is 9.23 Å². The van der Waals surface area contributed by atoms with Gasteiger partial charge in [0.25, 0.3) is 0 Å². The summed E-state index contributed by atoms with van der Waals surface area (Å²) >= 11 is 0. The third kappa shape index (κ3) is 2.48. The summed E-state index contributed by atoms with van der Waals surface area (Å²) in [5.74, 6) is 0. The van der Waals surface area contributed by atoms with Gasteiger partial charge in [-0.05, 0) is 6.42 Å². The second-order valence-corrected chi connectivity index (χ2v) is 5.54. The molecule has 0 aromatic carbocycles. The lowest BCUT2D eigenvalue weighted by molar-refractivity contribution is 0.163. The second kappa shape index (κ2) is 4.10. The smallest absolute Gasteiger partial charge is 0.0655 e. The zero-order valence-corrected chi connectivity index (χ0v) is 7.13. The Morgan fingerprint density at radius 1 is 1.62 bits per heavy atom. The highest BCUT2D eigenvalue weighted by Gasteiger charge is 2.08. The first-order valence-corrected chi connectivity index (χ1v) is 6.02. The first kappa shape index (κ1) is 8.18. The van der Waals surface area contributed by atoms with E-state index in [1.165, 1.54) is 0 Å². The van der Waals surface area contributed by atoms with E-state index in [1.54, 1.807) is 7.11 Å². The van der Waals surface area contributed by atoms with Crippen molar-refractivity contribution >= 4 is 8.80 Å². The normalized spacial score (nSPS) is 14.6. The molecule has 1 radical (unpaired) electrons. The van der Waals surface area contributed by atoms with Crippen molar-refractivity contribution in [1.82, 2.24) is 0 Å². The summed E-state index contributed by atoms with van der Waals surface area (Å²) in [5.41, 5.74) is 0.481. The van der Waals surface area contributed by atoms with Crippen molar-refractivity contribution in [3.05, 3.63) is 6.92 Å². The average Bonchev–Trinajstić information content (AvgIpc) is 1.69. The standard InChI is InChI=1S/C6H15OSi/c1-5-6(7-2)8(3)4/h6,8H,1,5H2,2-4H3. The second-order valence-electron chi connectivity index (χ2n) is 2.31. The van der Waals surface area contributed by atoms with Crippen molar-refractivity contribution in [3.63, 3.8) is 0 Å². The first-order valence-electron chi connectivity index (χ1n) is 3.04. The predicted molar refractivity (Wildman–Crippen MR) is 39.6 cm³/mol. The Kier molecular flexibility index (Phi) is 4.19. The molecule has 0 amide bonds. The lowest BCUT2D eigenvalue weighted by Crippen LogP contribution is -2.25. The number of methoxy groups -OCH3 is 1. The van der Waals surface area contributed by atoms with E-state index in [0.29, 0.717) is 5.73 Å². The number of hydrogen-bond donors (Lipinski definition) is 0. The van der Waals surface area contributed by atoms with Gasteiger partial charge >= 0.3 is 0 Å². The lowest BCUT2D eigenvalue weighted by atomic mass is 10.5. The van der Waals surface area contributed by atoms with Gasteiger partial charge in [-0.2, -0.15) is 0 Å². The van der Waals surface area contributed by atoms with Crippen molar-refractivity contribution < 1.29 is 4.74 Å². The van der Waals surface area contributed by atoms with Crippen LogP contribution in [0.4, 0.5) is 0 Å². The number of hydrogen-bond acceptors (Lipinski definition) is 1. The van der Waals surface area contributed by atoms with Gasteiger partial charge in [0.1, 0.15) is 0 Å². The van der Waals surface area contributed by atoms with E-state index in [4.69, 9.17) is 4.74 Å². The zero-order chi connectivity index (χ0) is 6.57. The van der Waals surface area contributed by atoms with E-state index >= 15 is 0 Å². The summed E-state index contributed by atoms with van der Waals surface area (Å²) in [6.45, 7) is 8.34. The third-order valence-corrected chi connectivity index (χ3v) is 3.42. The molecular weight excluding hydrogens is 116 g/mol. The van der Waals surface area contributed by atoms with Gasteiger partial charge in [0, 0.05) is 12.8 Å². The molecule has 49 valence electrons. The minimum Gasteiger partial charge on any atom is -0.385 e. The summed E-state index contributed by atoms with van der Waals surface area (Å²) in [4.78, 5) is 0. The largest absolute Gasteiger partial charge is 0.385 e. The van der Waals surface area contributed by atoms with Gasteiger partial charge in [0.15, 0.2) is 0 Å². The van der Waals surface area contributed by atoms with Crippen LogP contribution in [0.1, 0.15) is 6.42 Å². The van der Waals surface area contributed by atoms with E-state index < -0.39 is 8.80 Å². The van der Waals surface area contributed by atoms with Gasteiger partial charge in [-0.1, -0.05) is 20.0 Å². The van der Waals surface area contributed by atoms with Crippen LogP contribution >= 0.6 is 0 Å². The van der Waals surface area contributed by atoms with Gasteiger partial charge < -0.3 is 4.74 Å². The fraction of sp³-hybridized carbons (Fsp3) is 0.833. The van der Waals surface area contributed by atoms with Crippen LogP contribution in [0.25, 0.3) is 0 Å². The fourth-order valence-electron chi connectivity index (χ4n) is 0.723. The molecule has 0 heterocycles. The third-order valence-electron chi connectivity index (χ3n) is 1.33. The zero-order valence-electron chi connectivity index (χ0n) is 5.98. The summed E-state index contributed by atoms with van der Waals surface area (Å²) < 4.78 is 5.16. The lowest BCUT2D eigenvalue weighted by Gasteiger charge is -2.14. The quantitative estimate of drug-likeness (QED) is 0.524. The summed E-state index contributed by atoms with van der Waals surface area (Å²) in [7, 11) is 1.20. The minimum absolute atomic E-state index is 0.481. The first-order chi connectivity index (χ1) is 3.72. The minimum atomic E-state index is -0.570. The monoisotopic (exact) mass is 131 g/mol. The van der Waals surface area contributed by atoms with Gasteiger partial charge in [-0.15, -0.1) is 0 Å². The van der Waals surface area contributed by atoms with E-state index in [9.17, 15) is 0 Å². The average molecular weight is 131 g/mol. The molecule has 0 aromatic heterocycles. The van der Waals surface area contributed by atoms with E-state index in [-0.39, 0.29) is 0 Å². The molecule has 1 atom stereocenters. The Morgan fingerprint density at radius 3 is 2.12 bits per heavy atom. The molecule has 0 saturated heterocycles. The van der Waals surface area contributed by atoms with Crippen LogP contribution < -0.4 is 0 Å². The van der Waals surface area contributed by atoms with Crippen molar-refractivity contribution in [2.45, 2.75) is 25.2 Å². The highest BCUT2D eigenvalue weighted by Crippen LogP contribution is 1.99. The maximum Gasteiger partial charge on any atom is 0.0655 e. The maximum absolute atomic E-state index is 5.16. The highest BCUT2D eigenvalue weighted by atomic mass is 28.3. The number of rotatable bonds is 3. The Balaban J connectivity index is 3.35. The highest BCUT2D eigenvalue weighted by molar-refractivity contribution is 6.57. The molecule has 2 heteroatoms. The van der Waals surface area contributed by atoms with Crippen LogP contribution in [0, 0.1) is 6.92 Å². The molecule has 0 aliphatic carbocycles. The molecule has 1 nitrogen and oxygen atoms in total. The molecule has 0 fully saturated rings. The molecule has 0 bridgehead atoms. The number of ether oxygens (including phenoxy) is 1. The molecule has 1 unspecified atom stereocenters. The molecule has 0 rings (SSSR count). The van der Waals surface area contributed by atoms with Crippen LogP contribution in [0.3, 0.4) is 0 Å². The van der Waals surface area contributed by atoms with Crippen LogP contribution in [0.5, 0.6) is 0 Å². The van der Waals surface area contributed by atoms with Gasteiger partial charge in [-0.3, -0.25) is 0 Å². The van der Waals surface area contributed by atoms with E-state index in [2.05, 4.69) is 20.0 Å². The van der Waals surface area contributed by atoms with Gasteiger partial charge in [0.2, 0.25) is 0 Å². The SMILES string of the molecule is [CH2]CC(OC)[SiH](C)C. The molecule has 0 saturated carbocycles. The van der Waals surface area contributed by atoms with Gasteiger partial charge in [-0.25, -0.2) is 0 Å². The predicted octanol–water partition coefficient (Wildman–Crippen LogP) is 1.25. The van der Waals surface area contributed by atoms with E-state index in [1.807, 2.05) is 0 Å².